The van der Waals surface area contributed by atoms with E-state index in [1.165, 1.54) is 25.3 Å². The molecule has 4 aromatic rings. The van der Waals surface area contributed by atoms with Crippen LogP contribution in [0.25, 0.3) is 0 Å². The van der Waals surface area contributed by atoms with Gasteiger partial charge in [-0.2, -0.15) is 0 Å². The van der Waals surface area contributed by atoms with E-state index in [1.807, 2.05) is 36.4 Å². The number of nitrogens with zero attached hydrogens (tertiary/aromatic N) is 1. The molecule has 7 heteroatoms. The minimum absolute atomic E-state index is 0.170. The number of para-hydroxylation sites is 1. The molecule has 0 saturated heterocycles. The second-order valence-electron chi connectivity index (χ2n) is 11.0. The van der Waals surface area contributed by atoms with E-state index in [0.717, 1.165) is 30.8 Å². The molecule has 0 amide bonds. The Balaban J connectivity index is 1.15. The Morgan fingerprint density at radius 3 is 2.37 bits per heavy atom. The van der Waals surface area contributed by atoms with Crippen molar-refractivity contribution in [1.29, 1.82) is 0 Å². The lowest BCUT2D eigenvalue weighted by atomic mass is 9.85. The number of aliphatic carboxylic acids is 1. The first-order valence-corrected chi connectivity index (χ1v) is 14.9. The van der Waals surface area contributed by atoms with Crippen LogP contribution in [0.15, 0.2) is 103 Å². The number of rotatable bonds is 15. The average Bonchev–Trinajstić information content (AvgIpc) is 3.00. The summed E-state index contributed by atoms with van der Waals surface area (Å²) in [6.07, 6.45) is 4.74. The Bertz CT molecular complexity index is 1510. The van der Waals surface area contributed by atoms with Gasteiger partial charge in [0.25, 0.3) is 0 Å². The van der Waals surface area contributed by atoms with Gasteiger partial charge in [0, 0.05) is 42.0 Å². The second kappa shape index (κ2) is 14.5. The Labute approximate surface area is 252 Å². The van der Waals surface area contributed by atoms with Gasteiger partial charge in [0.05, 0.1) is 6.61 Å². The molecule has 2 N–H and O–H groups in total. The van der Waals surface area contributed by atoms with Gasteiger partial charge < -0.3 is 20.1 Å². The number of benzene rings is 4. The zero-order valence-corrected chi connectivity index (χ0v) is 24.1. The quantitative estimate of drug-likeness (QED) is 0.114. The molecule has 1 atom stereocenters. The monoisotopic (exact) mass is 580 g/mol. The fourth-order valence-electron chi connectivity index (χ4n) is 5.33. The van der Waals surface area contributed by atoms with E-state index in [1.54, 1.807) is 60.7 Å². The lowest BCUT2D eigenvalue weighted by molar-refractivity contribution is -0.137. The lowest BCUT2D eigenvalue weighted by Gasteiger charge is -2.34. The van der Waals surface area contributed by atoms with Gasteiger partial charge in [0.1, 0.15) is 17.6 Å². The number of carbonyl (C=O) groups is 2. The minimum atomic E-state index is -1.01. The first kappa shape index (κ1) is 29.8. The highest BCUT2D eigenvalue weighted by atomic mass is 19.1. The van der Waals surface area contributed by atoms with E-state index >= 15 is 0 Å². The summed E-state index contributed by atoms with van der Waals surface area (Å²) < 4.78 is 19.8. The SMILES string of the molecule is O=C(c1ccccc1)c1ccccc1N[C@@H](Cc1ccc(OCCCN(CC2CCC2)c2cccc(F)c2)cc1)C(=O)O. The molecule has 0 radical (unpaired) electrons. The van der Waals surface area contributed by atoms with Crippen molar-refractivity contribution >= 4 is 23.1 Å². The number of halogens is 1. The molecule has 0 heterocycles. The number of carboxylic acids is 1. The van der Waals surface area contributed by atoms with Gasteiger partial charge in [0.15, 0.2) is 5.78 Å². The summed E-state index contributed by atoms with van der Waals surface area (Å²) in [5.41, 5.74) is 3.18. The summed E-state index contributed by atoms with van der Waals surface area (Å²) >= 11 is 0. The molecule has 1 saturated carbocycles. The number of anilines is 2. The first-order chi connectivity index (χ1) is 21.0. The highest BCUT2D eigenvalue weighted by molar-refractivity contribution is 6.12. The number of nitrogens with one attached hydrogen (secondary N) is 1. The predicted octanol–water partition coefficient (Wildman–Crippen LogP) is 7.24. The third-order valence-corrected chi connectivity index (χ3v) is 7.92. The number of carboxylic acid groups (broad SMARTS) is 1. The number of carbonyl (C=O) groups excluding carboxylic acids is 1. The normalized spacial score (nSPS) is 13.5. The zero-order chi connectivity index (χ0) is 30.0. The molecule has 43 heavy (non-hydrogen) atoms. The molecule has 1 fully saturated rings. The molecule has 1 aliphatic carbocycles. The standard InChI is InChI=1S/C36H37FN2O4/c37-29-13-7-14-30(24-29)39(25-27-9-6-10-27)21-8-22-43-31-19-17-26(18-20-31)23-34(36(41)42)38-33-16-5-4-15-32(33)35(40)28-11-2-1-3-12-28/h1-5,7,11-20,24,27,34,38H,6,8-10,21-23,25H2,(H,41,42)/t34-/m0/s1. The van der Waals surface area contributed by atoms with Gasteiger partial charge in [-0.05, 0) is 73.2 Å². The maximum absolute atomic E-state index is 13.8. The summed E-state index contributed by atoms with van der Waals surface area (Å²) in [6, 6.07) is 29.2. The molecule has 0 unspecified atom stereocenters. The van der Waals surface area contributed by atoms with Crippen LogP contribution in [0.1, 0.15) is 47.2 Å². The van der Waals surface area contributed by atoms with Crippen LogP contribution in [-0.2, 0) is 11.2 Å². The van der Waals surface area contributed by atoms with Crippen LogP contribution in [0.4, 0.5) is 15.8 Å². The maximum Gasteiger partial charge on any atom is 0.326 e. The first-order valence-electron chi connectivity index (χ1n) is 14.9. The fourth-order valence-corrected chi connectivity index (χ4v) is 5.33. The molecule has 1 aliphatic rings. The average molecular weight is 581 g/mol. The van der Waals surface area contributed by atoms with Gasteiger partial charge in [0.2, 0.25) is 0 Å². The van der Waals surface area contributed by atoms with Crippen molar-refractivity contribution in [2.45, 2.75) is 38.1 Å². The van der Waals surface area contributed by atoms with Gasteiger partial charge >= 0.3 is 5.97 Å². The van der Waals surface area contributed by atoms with Crippen molar-refractivity contribution in [1.82, 2.24) is 0 Å². The highest BCUT2D eigenvalue weighted by Crippen LogP contribution is 2.29. The Kier molecular flexibility index (Phi) is 10.1. The molecule has 6 nitrogen and oxygen atoms in total. The summed E-state index contributed by atoms with van der Waals surface area (Å²) in [4.78, 5) is 27.5. The summed E-state index contributed by atoms with van der Waals surface area (Å²) in [7, 11) is 0. The number of ether oxygens (including phenoxy) is 1. The Hall–Kier alpha value is -4.65. The van der Waals surface area contributed by atoms with Crippen LogP contribution in [0, 0.1) is 11.7 Å². The molecule has 0 aromatic heterocycles. The molecule has 0 bridgehead atoms. The van der Waals surface area contributed by atoms with Crippen LogP contribution < -0.4 is 15.0 Å². The zero-order valence-electron chi connectivity index (χ0n) is 24.1. The van der Waals surface area contributed by atoms with E-state index in [-0.39, 0.29) is 18.0 Å². The minimum Gasteiger partial charge on any atom is -0.494 e. The number of hydrogen-bond donors (Lipinski definition) is 2. The largest absolute Gasteiger partial charge is 0.494 e. The van der Waals surface area contributed by atoms with Gasteiger partial charge in [-0.3, -0.25) is 4.79 Å². The van der Waals surface area contributed by atoms with Crippen molar-refractivity contribution < 1.29 is 23.8 Å². The Morgan fingerprint density at radius 2 is 1.67 bits per heavy atom. The Morgan fingerprint density at radius 1 is 0.930 bits per heavy atom. The van der Waals surface area contributed by atoms with E-state index in [4.69, 9.17) is 4.74 Å². The van der Waals surface area contributed by atoms with Crippen molar-refractivity contribution in [2.24, 2.45) is 5.92 Å². The maximum atomic E-state index is 13.8. The van der Waals surface area contributed by atoms with E-state index in [0.29, 0.717) is 35.1 Å². The summed E-state index contributed by atoms with van der Waals surface area (Å²) in [6.45, 7) is 2.22. The molecule has 5 rings (SSSR count). The third kappa shape index (κ3) is 8.22. The molecule has 0 aliphatic heterocycles. The molecular weight excluding hydrogens is 543 g/mol. The highest BCUT2D eigenvalue weighted by Gasteiger charge is 2.22. The van der Waals surface area contributed by atoms with Gasteiger partial charge in [-0.15, -0.1) is 0 Å². The van der Waals surface area contributed by atoms with Gasteiger partial charge in [-0.25, -0.2) is 9.18 Å². The summed E-state index contributed by atoms with van der Waals surface area (Å²) in [5, 5.41) is 13.0. The van der Waals surface area contributed by atoms with Crippen molar-refractivity contribution in [3.8, 4) is 5.75 Å². The third-order valence-electron chi connectivity index (χ3n) is 7.92. The predicted molar refractivity (Wildman–Crippen MR) is 168 cm³/mol. The molecule has 0 spiro atoms. The summed E-state index contributed by atoms with van der Waals surface area (Å²) in [5.74, 6) is -0.0292. The van der Waals surface area contributed by atoms with Crippen LogP contribution in [0.5, 0.6) is 5.75 Å². The van der Waals surface area contributed by atoms with E-state index in [9.17, 15) is 19.1 Å². The fraction of sp³-hybridized carbons (Fsp3) is 0.278. The molecular formula is C36H37FN2O4. The van der Waals surface area contributed by atoms with Crippen LogP contribution >= 0.6 is 0 Å². The van der Waals surface area contributed by atoms with Crippen molar-refractivity contribution in [3.63, 3.8) is 0 Å². The number of hydrogen-bond acceptors (Lipinski definition) is 5. The number of ketones is 1. The van der Waals surface area contributed by atoms with Crippen LogP contribution in [0.3, 0.4) is 0 Å². The molecule has 222 valence electrons. The van der Waals surface area contributed by atoms with Crippen LogP contribution in [0.2, 0.25) is 0 Å². The van der Waals surface area contributed by atoms with E-state index < -0.39 is 12.0 Å². The van der Waals surface area contributed by atoms with Crippen molar-refractivity contribution in [2.75, 3.05) is 29.9 Å². The second-order valence-corrected chi connectivity index (χ2v) is 11.0. The topological polar surface area (TPSA) is 78.9 Å². The van der Waals surface area contributed by atoms with E-state index in [2.05, 4.69) is 10.2 Å². The van der Waals surface area contributed by atoms with Crippen molar-refractivity contribution in [3.05, 3.63) is 126 Å². The smallest absolute Gasteiger partial charge is 0.326 e. The van der Waals surface area contributed by atoms with Gasteiger partial charge in [-0.1, -0.05) is 67.1 Å². The van der Waals surface area contributed by atoms with Crippen LogP contribution in [-0.4, -0.2) is 42.6 Å². The molecule has 4 aromatic carbocycles. The lowest BCUT2D eigenvalue weighted by Crippen LogP contribution is -2.34.